The van der Waals surface area contributed by atoms with Crippen molar-refractivity contribution in [3.63, 3.8) is 0 Å². The molecule has 2 N–H and O–H groups in total. The van der Waals surface area contributed by atoms with Crippen LogP contribution in [-0.2, 0) is 27.1 Å². The van der Waals surface area contributed by atoms with E-state index < -0.39 is 11.6 Å². The van der Waals surface area contributed by atoms with Gasteiger partial charge in [0, 0.05) is 31.0 Å². The highest BCUT2D eigenvalue weighted by Gasteiger charge is 2.41. The zero-order valence-corrected chi connectivity index (χ0v) is 24.8. The van der Waals surface area contributed by atoms with Crippen molar-refractivity contribution in [2.24, 2.45) is 11.8 Å². The quantitative estimate of drug-likeness (QED) is 0.343. The van der Waals surface area contributed by atoms with Gasteiger partial charge in [-0.3, -0.25) is 9.59 Å². The summed E-state index contributed by atoms with van der Waals surface area (Å²) in [5.74, 6) is -0.836. The molecule has 0 aliphatic heterocycles. The molecule has 0 atom stereocenters. The molecule has 0 unspecified atom stereocenters. The predicted molar refractivity (Wildman–Crippen MR) is 154 cm³/mol. The van der Waals surface area contributed by atoms with Crippen LogP contribution in [0, 0.1) is 18.8 Å². The van der Waals surface area contributed by atoms with Gasteiger partial charge in [-0.05, 0) is 93.9 Å². The third-order valence-electron chi connectivity index (χ3n) is 9.79. The van der Waals surface area contributed by atoms with Crippen LogP contribution in [0.15, 0.2) is 18.2 Å². The normalized spacial score (nSPS) is 22.8. The van der Waals surface area contributed by atoms with E-state index in [-0.39, 0.29) is 23.3 Å². The van der Waals surface area contributed by atoms with Crippen LogP contribution >= 0.6 is 11.6 Å². The average molecular weight is 555 g/mol. The van der Waals surface area contributed by atoms with E-state index in [9.17, 15) is 14.7 Å². The Morgan fingerprint density at radius 1 is 1.15 bits per heavy atom. The lowest BCUT2D eigenvalue weighted by Gasteiger charge is -2.32. The Morgan fingerprint density at radius 3 is 2.41 bits per heavy atom. The Kier molecular flexibility index (Phi) is 7.66. The molecule has 1 heterocycles. The number of rotatable bonds is 9. The van der Waals surface area contributed by atoms with Crippen molar-refractivity contribution in [1.82, 2.24) is 9.88 Å². The number of amides is 1. The van der Waals surface area contributed by atoms with Crippen LogP contribution < -0.4 is 5.32 Å². The number of carbonyl (C=O) groups is 2. The number of carboxylic acids is 1. The Balaban J connectivity index is 1.58. The smallest absolute Gasteiger partial charge is 0.306 e. The van der Waals surface area contributed by atoms with E-state index in [2.05, 4.69) is 48.9 Å². The SMILES string of the molecule is COC(C)(C)c1cc(-c2c(Cl)c(C(=O)NC3CC(C(=O)O)C3)c(C)n2CC2CCCCC2)cc(C2(C)CC2)c1. The zero-order chi connectivity index (χ0) is 28.1. The summed E-state index contributed by atoms with van der Waals surface area (Å²) in [6.07, 6.45) is 9.40. The van der Waals surface area contributed by atoms with E-state index in [4.69, 9.17) is 16.3 Å². The summed E-state index contributed by atoms with van der Waals surface area (Å²) in [5.41, 5.74) is 5.40. The Hall–Kier alpha value is -2.31. The summed E-state index contributed by atoms with van der Waals surface area (Å²) >= 11 is 7.18. The van der Waals surface area contributed by atoms with Crippen LogP contribution in [0.1, 0.15) is 106 Å². The summed E-state index contributed by atoms with van der Waals surface area (Å²) in [6.45, 7) is 9.32. The van der Waals surface area contributed by atoms with Crippen LogP contribution in [-0.4, -0.2) is 34.7 Å². The van der Waals surface area contributed by atoms with E-state index in [0.29, 0.717) is 29.3 Å². The highest BCUT2D eigenvalue weighted by atomic mass is 35.5. The topological polar surface area (TPSA) is 80.6 Å². The minimum Gasteiger partial charge on any atom is -0.481 e. The molecule has 1 aromatic heterocycles. The lowest BCUT2D eigenvalue weighted by molar-refractivity contribution is -0.145. The molecule has 0 saturated heterocycles. The minimum atomic E-state index is -0.797. The van der Waals surface area contributed by atoms with Gasteiger partial charge in [-0.25, -0.2) is 0 Å². The van der Waals surface area contributed by atoms with Crippen molar-refractivity contribution in [2.75, 3.05) is 7.11 Å². The number of aromatic nitrogens is 1. The molecule has 5 rings (SSSR count). The number of ether oxygens (including phenoxy) is 1. The predicted octanol–water partition coefficient (Wildman–Crippen LogP) is 7.22. The first kappa shape index (κ1) is 28.2. The second-order valence-corrected chi connectivity index (χ2v) is 13.4. The van der Waals surface area contributed by atoms with Crippen molar-refractivity contribution < 1.29 is 19.4 Å². The Bertz CT molecular complexity index is 1260. The van der Waals surface area contributed by atoms with Crippen LogP contribution in [0.25, 0.3) is 11.3 Å². The molecule has 0 spiro atoms. The number of nitrogens with one attached hydrogen (secondary N) is 1. The van der Waals surface area contributed by atoms with E-state index >= 15 is 0 Å². The Morgan fingerprint density at radius 2 is 1.82 bits per heavy atom. The molecule has 3 aliphatic carbocycles. The molecule has 39 heavy (non-hydrogen) atoms. The fraction of sp³-hybridized carbons (Fsp3) is 0.625. The van der Waals surface area contributed by atoms with Gasteiger partial charge < -0.3 is 19.7 Å². The van der Waals surface area contributed by atoms with E-state index in [1.54, 1.807) is 7.11 Å². The van der Waals surface area contributed by atoms with Crippen molar-refractivity contribution >= 4 is 23.5 Å². The molecule has 3 fully saturated rings. The molecular formula is C32H43ClN2O4. The van der Waals surface area contributed by atoms with Crippen molar-refractivity contribution in [3.8, 4) is 11.3 Å². The second kappa shape index (κ2) is 10.6. The van der Waals surface area contributed by atoms with Gasteiger partial charge in [-0.15, -0.1) is 0 Å². The van der Waals surface area contributed by atoms with E-state index in [1.165, 1.54) is 37.7 Å². The Labute approximate surface area is 237 Å². The third-order valence-corrected chi connectivity index (χ3v) is 10.2. The standard InChI is InChI=1S/C32H43ClN2O4/c1-19-26(29(36)34-25-15-22(16-25)30(37)38)27(33)28(35(19)18-20-9-7-6-8-10-20)21-13-23(31(2,3)39-5)17-24(14-21)32(4)11-12-32/h13-14,17,20,22,25H,6-12,15-16,18H2,1-5H3,(H,34,36)(H,37,38). The van der Waals surface area contributed by atoms with Crippen LogP contribution in [0.4, 0.5) is 0 Å². The van der Waals surface area contributed by atoms with Gasteiger partial charge in [0.15, 0.2) is 0 Å². The van der Waals surface area contributed by atoms with Gasteiger partial charge in [0.05, 0.1) is 27.8 Å². The number of halogens is 1. The second-order valence-electron chi connectivity index (χ2n) is 13.0. The first-order chi connectivity index (χ1) is 18.4. The maximum atomic E-state index is 13.6. The number of hydrogen-bond acceptors (Lipinski definition) is 3. The number of carbonyl (C=O) groups excluding carboxylic acids is 1. The molecular weight excluding hydrogens is 512 g/mol. The first-order valence-electron chi connectivity index (χ1n) is 14.6. The summed E-state index contributed by atoms with van der Waals surface area (Å²) < 4.78 is 8.18. The molecule has 3 aliphatic rings. The molecule has 0 radical (unpaired) electrons. The largest absolute Gasteiger partial charge is 0.481 e. The molecule has 1 amide bonds. The lowest BCUT2D eigenvalue weighted by Crippen LogP contribution is -2.46. The van der Waals surface area contributed by atoms with Crippen molar-refractivity contribution in [1.29, 1.82) is 0 Å². The van der Waals surface area contributed by atoms with Gasteiger partial charge in [-0.1, -0.05) is 43.9 Å². The fourth-order valence-corrected chi connectivity index (χ4v) is 6.78. The molecule has 7 heteroatoms. The lowest BCUT2D eigenvalue weighted by atomic mass is 9.80. The van der Waals surface area contributed by atoms with Gasteiger partial charge in [0.25, 0.3) is 5.91 Å². The summed E-state index contributed by atoms with van der Waals surface area (Å²) in [4.78, 5) is 24.8. The van der Waals surface area contributed by atoms with E-state index in [0.717, 1.165) is 41.9 Å². The van der Waals surface area contributed by atoms with Gasteiger partial charge in [-0.2, -0.15) is 0 Å². The number of hydrogen-bond donors (Lipinski definition) is 2. The van der Waals surface area contributed by atoms with Crippen LogP contribution in [0.5, 0.6) is 0 Å². The molecule has 1 aromatic carbocycles. The molecule has 2 aromatic rings. The maximum absolute atomic E-state index is 13.6. The number of methoxy groups -OCH3 is 1. The monoisotopic (exact) mass is 554 g/mol. The maximum Gasteiger partial charge on any atom is 0.306 e. The number of carboxylic acid groups (broad SMARTS) is 1. The highest BCUT2D eigenvalue weighted by Crippen LogP contribution is 2.50. The summed E-state index contributed by atoms with van der Waals surface area (Å²) in [6, 6.07) is 6.59. The molecule has 0 bridgehead atoms. The summed E-state index contributed by atoms with van der Waals surface area (Å²) in [5, 5.41) is 12.8. The van der Waals surface area contributed by atoms with Crippen LogP contribution in [0.3, 0.4) is 0 Å². The molecule has 3 saturated carbocycles. The number of aliphatic carboxylic acids is 1. The third kappa shape index (κ3) is 5.52. The molecule has 6 nitrogen and oxygen atoms in total. The van der Waals surface area contributed by atoms with E-state index in [1.807, 2.05) is 6.92 Å². The number of benzene rings is 1. The van der Waals surface area contributed by atoms with Gasteiger partial charge in [0.2, 0.25) is 0 Å². The summed E-state index contributed by atoms with van der Waals surface area (Å²) in [7, 11) is 1.74. The highest BCUT2D eigenvalue weighted by molar-refractivity contribution is 6.36. The van der Waals surface area contributed by atoms with Crippen LogP contribution in [0.2, 0.25) is 5.02 Å². The first-order valence-corrected chi connectivity index (χ1v) is 14.9. The van der Waals surface area contributed by atoms with Crippen molar-refractivity contribution in [2.45, 2.75) is 109 Å². The number of nitrogens with zero attached hydrogens (tertiary/aromatic N) is 1. The van der Waals surface area contributed by atoms with Gasteiger partial charge >= 0.3 is 5.97 Å². The minimum absolute atomic E-state index is 0.133. The molecule has 212 valence electrons. The zero-order valence-electron chi connectivity index (χ0n) is 24.0. The fourth-order valence-electron chi connectivity index (χ4n) is 6.35. The average Bonchev–Trinajstić information content (AvgIpc) is 3.58. The van der Waals surface area contributed by atoms with Crippen molar-refractivity contribution in [3.05, 3.63) is 45.6 Å². The van der Waals surface area contributed by atoms with Gasteiger partial charge in [0.1, 0.15) is 0 Å².